The van der Waals surface area contributed by atoms with Crippen LogP contribution in [0.25, 0.3) is 17.1 Å². The Morgan fingerprint density at radius 3 is 2.34 bits per heavy atom. The maximum absolute atomic E-state index is 14.6. The maximum Gasteiger partial charge on any atom is 0.332 e. The summed E-state index contributed by atoms with van der Waals surface area (Å²) in [5.74, 6) is 0.0856. The van der Waals surface area contributed by atoms with E-state index in [0.717, 1.165) is 17.0 Å². The summed E-state index contributed by atoms with van der Waals surface area (Å²) in [5, 5.41) is 4.60. The lowest BCUT2D eigenvalue weighted by Gasteiger charge is -2.13. The molecule has 0 saturated carbocycles. The van der Waals surface area contributed by atoms with Gasteiger partial charge in [-0.25, -0.2) is 13.9 Å². The first-order valence-electron chi connectivity index (χ1n) is 10.6. The lowest BCUT2D eigenvalue weighted by Crippen LogP contribution is -2.40. The number of nitrogens with zero attached hydrogens (tertiary/aromatic N) is 6. The number of fused-ring (bicyclic) bond motifs is 1. The first-order chi connectivity index (χ1) is 15.1. The van der Waals surface area contributed by atoms with Gasteiger partial charge in [-0.1, -0.05) is 32.0 Å². The van der Waals surface area contributed by atoms with Crippen molar-refractivity contribution < 1.29 is 4.39 Å². The van der Waals surface area contributed by atoms with Gasteiger partial charge < -0.3 is 0 Å². The Morgan fingerprint density at radius 1 is 1.06 bits per heavy atom. The van der Waals surface area contributed by atoms with E-state index in [-0.39, 0.29) is 36.0 Å². The molecule has 0 aliphatic heterocycles. The molecule has 0 spiro atoms. The number of hydrogen-bond acceptors (Lipinski definition) is 4. The first-order valence-corrected chi connectivity index (χ1v) is 10.6. The van der Waals surface area contributed by atoms with Crippen LogP contribution >= 0.6 is 0 Å². The minimum absolute atomic E-state index is 0.0744. The number of imidazole rings is 1. The fraction of sp³-hybridized carbons (Fsp3) is 0.391. The van der Waals surface area contributed by atoms with E-state index in [1.807, 2.05) is 34.6 Å². The standard InChI is InChI=1S/C23H27FN6O2/c1-13(2)11-29-21(31)19-20(27(6)23(29)32)25-22(30-16(5)14(3)15(4)26-30)28(19)12-17-9-7-8-10-18(17)24/h7-10,13H,11-12H2,1-6H3. The Kier molecular flexibility index (Phi) is 5.36. The summed E-state index contributed by atoms with van der Waals surface area (Å²) >= 11 is 0. The second-order valence-electron chi connectivity index (χ2n) is 8.62. The fourth-order valence-electron chi connectivity index (χ4n) is 3.91. The number of aromatic nitrogens is 6. The summed E-state index contributed by atoms with van der Waals surface area (Å²) in [5.41, 5.74) is 2.73. The van der Waals surface area contributed by atoms with Gasteiger partial charge in [0.25, 0.3) is 5.56 Å². The molecule has 9 heteroatoms. The van der Waals surface area contributed by atoms with Gasteiger partial charge in [0.2, 0.25) is 5.95 Å². The van der Waals surface area contributed by atoms with Gasteiger partial charge in [0.05, 0.1) is 12.2 Å². The molecule has 0 fully saturated rings. The minimum atomic E-state index is -0.440. The number of aryl methyl sites for hydroxylation is 2. The zero-order valence-corrected chi connectivity index (χ0v) is 19.2. The Balaban J connectivity index is 2.11. The minimum Gasteiger partial charge on any atom is -0.298 e. The first kappa shape index (κ1) is 21.7. The van der Waals surface area contributed by atoms with E-state index in [1.54, 1.807) is 34.5 Å². The molecule has 0 amide bonds. The average molecular weight is 439 g/mol. The molecule has 0 radical (unpaired) electrons. The average Bonchev–Trinajstić information content (AvgIpc) is 3.24. The van der Waals surface area contributed by atoms with Crippen LogP contribution in [0.3, 0.4) is 0 Å². The Bertz CT molecular complexity index is 1450. The van der Waals surface area contributed by atoms with Gasteiger partial charge in [-0.3, -0.25) is 18.5 Å². The highest BCUT2D eigenvalue weighted by Crippen LogP contribution is 2.22. The molecule has 0 saturated heterocycles. The van der Waals surface area contributed by atoms with Crippen molar-refractivity contribution in [2.75, 3.05) is 0 Å². The van der Waals surface area contributed by atoms with Crippen molar-refractivity contribution in [3.05, 3.63) is 73.4 Å². The Hall–Kier alpha value is -3.49. The molecule has 4 rings (SSSR count). The fourth-order valence-corrected chi connectivity index (χ4v) is 3.91. The van der Waals surface area contributed by atoms with Gasteiger partial charge in [0.15, 0.2) is 11.2 Å². The molecule has 0 unspecified atom stereocenters. The maximum atomic E-state index is 14.6. The van der Waals surface area contributed by atoms with Gasteiger partial charge in [-0.2, -0.15) is 10.1 Å². The quantitative estimate of drug-likeness (QED) is 0.480. The summed E-state index contributed by atoms with van der Waals surface area (Å²) in [6.45, 7) is 10.0. The lowest BCUT2D eigenvalue weighted by atomic mass is 10.2. The van der Waals surface area contributed by atoms with E-state index < -0.39 is 11.2 Å². The van der Waals surface area contributed by atoms with Gasteiger partial charge in [-0.05, 0) is 38.3 Å². The highest BCUT2D eigenvalue weighted by atomic mass is 19.1. The third-order valence-corrected chi connectivity index (χ3v) is 5.89. The van der Waals surface area contributed by atoms with Crippen molar-refractivity contribution in [1.82, 2.24) is 28.5 Å². The molecule has 1 aromatic carbocycles. The van der Waals surface area contributed by atoms with E-state index in [9.17, 15) is 14.0 Å². The molecule has 3 aromatic heterocycles. The molecule has 0 atom stereocenters. The lowest BCUT2D eigenvalue weighted by molar-refractivity contribution is 0.483. The third kappa shape index (κ3) is 3.37. The van der Waals surface area contributed by atoms with Gasteiger partial charge >= 0.3 is 5.69 Å². The summed E-state index contributed by atoms with van der Waals surface area (Å²) in [7, 11) is 1.59. The molecular formula is C23H27FN6O2. The van der Waals surface area contributed by atoms with Crippen LogP contribution in [0.2, 0.25) is 0 Å². The molecule has 4 aromatic rings. The predicted octanol–water partition coefficient (Wildman–Crippen LogP) is 2.85. The van der Waals surface area contributed by atoms with E-state index in [4.69, 9.17) is 0 Å². The summed E-state index contributed by atoms with van der Waals surface area (Å²) < 4.78 is 20.5. The van der Waals surface area contributed by atoms with Crippen LogP contribution in [-0.2, 0) is 20.1 Å². The van der Waals surface area contributed by atoms with Crippen molar-refractivity contribution in [2.45, 2.75) is 47.7 Å². The zero-order chi connectivity index (χ0) is 23.3. The number of halogens is 1. The normalized spacial score (nSPS) is 11.8. The molecule has 0 N–H and O–H groups in total. The highest BCUT2D eigenvalue weighted by Gasteiger charge is 2.24. The third-order valence-electron chi connectivity index (χ3n) is 5.89. The highest BCUT2D eigenvalue weighted by molar-refractivity contribution is 5.73. The van der Waals surface area contributed by atoms with Crippen LogP contribution in [0.4, 0.5) is 4.39 Å². The molecule has 0 aliphatic carbocycles. The van der Waals surface area contributed by atoms with Crippen molar-refractivity contribution in [1.29, 1.82) is 0 Å². The predicted molar refractivity (Wildman–Crippen MR) is 121 cm³/mol. The second-order valence-corrected chi connectivity index (χ2v) is 8.62. The monoisotopic (exact) mass is 438 g/mol. The SMILES string of the molecule is Cc1nn(-c2nc3c(c(=O)n(CC(C)C)c(=O)n3C)n2Cc2ccccc2F)c(C)c1C. The van der Waals surface area contributed by atoms with Crippen LogP contribution in [-0.4, -0.2) is 28.5 Å². The summed E-state index contributed by atoms with van der Waals surface area (Å²) in [6.07, 6.45) is 0. The summed E-state index contributed by atoms with van der Waals surface area (Å²) in [4.78, 5) is 31.1. The van der Waals surface area contributed by atoms with Gasteiger partial charge in [0, 0.05) is 24.8 Å². The Labute approximate surface area is 184 Å². The molecule has 0 aliphatic rings. The van der Waals surface area contributed by atoms with Crippen molar-refractivity contribution >= 4 is 11.2 Å². The van der Waals surface area contributed by atoms with Crippen molar-refractivity contribution in [3.63, 3.8) is 0 Å². The van der Waals surface area contributed by atoms with E-state index in [1.165, 1.54) is 15.2 Å². The number of rotatable bonds is 5. The molecular weight excluding hydrogens is 411 g/mol. The zero-order valence-electron chi connectivity index (χ0n) is 19.2. The number of benzene rings is 1. The molecule has 32 heavy (non-hydrogen) atoms. The molecule has 3 heterocycles. The number of hydrogen-bond donors (Lipinski definition) is 0. The van der Waals surface area contributed by atoms with Crippen LogP contribution in [0.1, 0.15) is 36.4 Å². The van der Waals surface area contributed by atoms with Gasteiger partial charge in [0.1, 0.15) is 5.82 Å². The van der Waals surface area contributed by atoms with Gasteiger partial charge in [-0.15, -0.1) is 0 Å². The van der Waals surface area contributed by atoms with Crippen LogP contribution in [0.5, 0.6) is 0 Å². The second kappa shape index (κ2) is 7.89. The molecule has 168 valence electrons. The van der Waals surface area contributed by atoms with E-state index >= 15 is 0 Å². The van der Waals surface area contributed by atoms with Crippen molar-refractivity contribution in [2.24, 2.45) is 13.0 Å². The van der Waals surface area contributed by atoms with Crippen LogP contribution in [0.15, 0.2) is 33.9 Å². The van der Waals surface area contributed by atoms with Crippen LogP contribution < -0.4 is 11.2 Å². The van der Waals surface area contributed by atoms with E-state index in [2.05, 4.69) is 10.1 Å². The summed E-state index contributed by atoms with van der Waals surface area (Å²) in [6, 6.07) is 6.42. The van der Waals surface area contributed by atoms with E-state index in [0.29, 0.717) is 11.5 Å². The molecule has 0 bridgehead atoms. The topological polar surface area (TPSA) is 79.6 Å². The smallest absolute Gasteiger partial charge is 0.298 e. The largest absolute Gasteiger partial charge is 0.332 e. The van der Waals surface area contributed by atoms with Crippen LogP contribution in [0, 0.1) is 32.5 Å². The molecule has 8 nitrogen and oxygen atoms in total. The Morgan fingerprint density at radius 2 is 1.75 bits per heavy atom. The van der Waals surface area contributed by atoms with Crippen molar-refractivity contribution in [3.8, 4) is 5.95 Å².